The fourth-order valence-corrected chi connectivity index (χ4v) is 3.57. The van der Waals surface area contributed by atoms with Crippen LogP contribution in [0.3, 0.4) is 0 Å². The lowest BCUT2D eigenvalue weighted by molar-refractivity contribution is 0.752. The Kier molecular flexibility index (Phi) is 4.26. The summed E-state index contributed by atoms with van der Waals surface area (Å²) in [6.07, 6.45) is 0. The zero-order chi connectivity index (χ0) is 18.1. The van der Waals surface area contributed by atoms with Crippen LogP contribution in [0.15, 0.2) is 58.5 Å². The van der Waals surface area contributed by atoms with Crippen molar-refractivity contribution in [2.24, 2.45) is 0 Å². The zero-order valence-corrected chi connectivity index (χ0v) is 15.1. The van der Waals surface area contributed by atoms with Gasteiger partial charge in [-0.25, -0.2) is 4.98 Å². The molecule has 0 fully saturated rings. The molecule has 130 valence electrons. The highest BCUT2D eigenvalue weighted by Crippen LogP contribution is 2.23. The number of thioether (sulfide) groups is 1. The molecule has 0 aliphatic carbocycles. The number of aromatic nitrogens is 6. The number of fused-ring (bicyclic) bond motifs is 1. The minimum atomic E-state index is -0.0813. The van der Waals surface area contributed by atoms with Crippen molar-refractivity contribution in [3.8, 4) is 5.69 Å². The summed E-state index contributed by atoms with van der Waals surface area (Å²) in [5, 5.41) is 12.6. The van der Waals surface area contributed by atoms with Crippen LogP contribution in [-0.2, 0) is 5.75 Å². The fourth-order valence-electron chi connectivity index (χ4n) is 2.80. The minimum Gasteiger partial charge on any atom is -0.269 e. The van der Waals surface area contributed by atoms with Crippen molar-refractivity contribution >= 4 is 17.4 Å². The molecule has 0 amide bonds. The van der Waals surface area contributed by atoms with Crippen molar-refractivity contribution in [2.45, 2.75) is 24.8 Å². The highest BCUT2D eigenvalue weighted by molar-refractivity contribution is 7.98. The van der Waals surface area contributed by atoms with Gasteiger partial charge in [0.2, 0.25) is 5.16 Å². The Labute approximate surface area is 153 Å². The molecule has 0 unspecified atom stereocenters. The Hall–Kier alpha value is -3.00. The first-order valence-electron chi connectivity index (χ1n) is 8.09. The number of hydrogen-bond donors (Lipinski definition) is 0. The molecule has 1 aromatic carbocycles. The van der Waals surface area contributed by atoms with Crippen LogP contribution < -0.4 is 5.56 Å². The molecule has 0 spiro atoms. The molecule has 3 aromatic heterocycles. The van der Waals surface area contributed by atoms with Crippen molar-refractivity contribution in [2.75, 3.05) is 0 Å². The molecule has 8 heteroatoms. The third kappa shape index (κ3) is 2.99. The van der Waals surface area contributed by atoms with E-state index in [-0.39, 0.29) is 5.56 Å². The molecule has 0 saturated heterocycles. The second-order valence-electron chi connectivity index (χ2n) is 5.89. The molecule has 0 radical (unpaired) electrons. The van der Waals surface area contributed by atoms with Crippen LogP contribution in [0.5, 0.6) is 0 Å². The average Bonchev–Trinajstić information content (AvgIpc) is 3.08. The average molecular weight is 364 g/mol. The third-order valence-corrected chi connectivity index (χ3v) is 5.02. The van der Waals surface area contributed by atoms with E-state index < -0.39 is 0 Å². The topological polar surface area (TPSA) is 78.0 Å². The lowest BCUT2D eigenvalue weighted by Gasteiger charge is -2.08. The molecule has 4 rings (SSSR count). The number of rotatable bonds is 4. The Morgan fingerprint density at radius 1 is 1.08 bits per heavy atom. The van der Waals surface area contributed by atoms with Crippen LogP contribution in [0.1, 0.15) is 17.0 Å². The van der Waals surface area contributed by atoms with Crippen LogP contribution in [0.25, 0.3) is 11.3 Å². The highest BCUT2D eigenvalue weighted by Gasteiger charge is 2.12. The smallest absolute Gasteiger partial charge is 0.258 e. The van der Waals surface area contributed by atoms with E-state index in [9.17, 15) is 4.79 Å². The van der Waals surface area contributed by atoms with E-state index in [0.29, 0.717) is 22.3 Å². The molecular weight excluding hydrogens is 348 g/mol. The van der Waals surface area contributed by atoms with Gasteiger partial charge < -0.3 is 0 Å². The molecule has 0 atom stereocenters. The van der Waals surface area contributed by atoms with Crippen molar-refractivity contribution < 1.29 is 0 Å². The van der Waals surface area contributed by atoms with Crippen molar-refractivity contribution in [3.63, 3.8) is 0 Å². The first kappa shape index (κ1) is 16.5. The molecule has 0 bridgehead atoms. The summed E-state index contributed by atoms with van der Waals surface area (Å²) in [4.78, 5) is 17.0. The predicted octanol–water partition coefficient (Wildman–Crippen LogP) is 2.58. The molecule has 26 heavy (non-hydrogen) atoms. The van der Waals surface area contributed by atoms with Gasteiger partial charge in [-0.2, -0.15) is 4.68 Å². The van der Waals surface area contributed by atoms with E-state index in [1.54, 1.807) is 15.1 Å². The van der Waals surface area contributed by atoms with Crippen LogP contribution in [0.4, 0.5) is 0 Å². The maximum absolute atomic E-state index is 12.4. The summed E-state index contributed by atoms with van der Waals surface area (Å²) in [6.45, 7) is 3.90. The highest BCUT2D eigenvalue weighted by atomic mass is 32.2. The quantitative estimate of drug-likeness (QED) is 0.518. The Morgan fingerprint density at radius 2 is 1.92 bits per heavy atom. The van der Waals surface area contributed by atoms with Gasteiger partial charge in [-0.1, -0.05) is 36.0 Å². The summed E-state index contributed by atoms with van der Waals surface area (Å²) in [6, 6.07) is 15.1. The maximum atomic E-state index is 12.4. The van der Waals surface area contributed by atoms with Gasteiger partial charge in [-0.05, 0) is 48.0 Å². The normalized spacial score (nSPS) is 11.2. The van der Waals surface area contributed by atoms with Gasteiger partial charge in [-0.3, -0.25) is 9.20 Å². The van der Waals surface area contributed by atoms with Crippen LogP contribution in [-0.4, -0.2) is 29.6 Å². The number of para-hydroxylation sites is 1. The summed E-state index contributed by atoms with van der Waals surface area (Å²) in [7, 11) is 0. The van der Waals surface area contributed by atoms with E-state index in [4.69, 9.17) is 0 Å². The lowest BCUT2D eigenvalue weighted by atomic mass is 10.2. The Bertz CT molecular complexity index is 1150. The van der Waals surface area contributed by atoms with E-state index in [1.165, 1.54) is 11.8 Å². The zero-order valence-electron chi connectivity index (χ0n) is 14.3. The first-order chi connectivity index (χ1) is 12.6. The van der Waals surface area contributed by atoms with Crippen LogP contribution in [0, 0.1) is 13.8 Å². The van der Waals surface area contributed by atoms with Gasteiger partial charge in [0.05, 0.1) is 11.4 Å². The van der Waals surface area contributed by atoms with Gasteiger partial charge in [0, 0.05) is 17.5 Å². The van der Waals surface area contributed by atoms with Crippen LogP contribution in [0.2, 0.25) is 0 Å². The summed E-state index contributed by atoms with van der Waals surface area (Å²) in [5.41, 5.74) is 4.14. The van der Waals surface area contributed by atoms with E-state index in [0.717, 1.165) is 16.9 Å². The van der Waals surface area contributed by atoms with Crippen molar-refractivity contribution in [3.05, 3.63) is 75.8 Å². The molecule has 0 aliphatic heterocycles. The second kappa shape index (κ2) is 6.72. The molecule has 0 N–H and O–H groups in total. The largest absolute Gasteiger partial charge is 0.269 e. The number of hydrogen-bond acceptors (Lipinski definition) is 6. The van der Waals surface area contributed by atoms with E-state index in [2.05, 4.69) is 20.5 Å². The number of nitrogens with zero attached hydrogens (tertiary/aromatic N) is 6. The van der Waals surface area contributed by atoms with Crippen molar-refractivity contribution in [1.29, 1.82) is 0 Å². The molecule has 4 aromatic rings. The van der Waals surface area contributed by atoms with E-state index >= 15 is 0 Å². The molecule has 0 saturated carbocycles. The Morgan fingerprint density at radius 3 is 2.77 bits per heavy atom. The standard InChI is InChI=1S/C18H16N6OS/c1-12-6-3-4-8-15(12)24-18(20-21-22-24)26-11-14-10-17(25)23-13(2)7-5-9-16(23)19-14/h3-10H,11H2,1-2H3. The molecular formula is C18H16N6OS. The van der Waals surface area contributed by atoms with Gasteiger partial charge in [0.1, 0.15) is 5.65 Å². The van der Waals surface area contributed by atoms with E-state index in [1.807, 2.05) is 56.3 Å². The monoisotopic (exact) mass is 364 g/mol. The lowest BCUT2D eigenvalue weighted by Crippen LogP contribution is -2.17. The van der Waals surface area contributed by atoms with Gasteiger partial charge in [-0.15, -0.1) is 5.10 Å². The Balaban J connectivity index is 1.63. The second-order valence-corrected chi connectivity index (χ2v) is 6.84. The molecule has 0 aliphatic rings. The maximum Gasteiger partial charge on any atom is 0.258 e. The molecule has 3 heterocycles. The number of pyridine rings is 1. The van der Waals surface area contributed by atoms with Crippen LogP contribution >= 0.6 is 11.8 Å². The minimum absolute atomic E-state index is 0.0813. The number of benzene rings is 1. The van der Waals surface area contributed by atoms with Gasteiger partial charge in [0.15, 0.2) is 0 Å². The summed E-state index contributed by atoms with van der Waals surface area (Å²) in [5.74, 6) is 0.506. The SMILES string of the molecule is Cc1ccccc1-n1nnnc1SCc1cc(=O)n2c(C)cccc2n1. The predicted molar refractivity (Wildman–Crippen MR) is 99.7 cm³/mol. The number of aryl methyl sites for hydroxylation is 2. The van der Waals surface area contributed by atoms with Crippen molar-refractivity contribution in [1.82, 2.24) is 29.6 Å². The molecule has 7 nitrogen and oxygen atoms in total. The summed E-state index contributed by atoms with van der Waals surface area (Å²) < 4.78 is 3.31. The number of tetrazole rings is 1. The fraction of sp³-hybridized carbons (Fsp3) is 0.167. The van der Waals surface area contributed by atoms with Gasteiger partial charge >= 0.3 is 0 Å². The summed E-state index contributed by atoms with van der Waals surface area (Å²) >= 11 is 1.45. The first-order valence-corrected chi connectivity index (χ1v) is 9.07. The third-order valence-electron chi connectivity index (χ3n) is 4.07. The van der Waals surface area contributed by atoms with Gasteiger partial charge in [0.25, 0.3) is 5.56 Å².